The van der Waals surface area contributed by atoms with Crippen LogP contribution in [0.5, 0.6) is 0 Å². The third-order valence-electron chi connectivity index (χ3n) is 16.9. The van der Waals surface area contributed by atoms with Crippen molar-refractivity contribution in [2.24, 2.45) is 0 Å². The van der Waals surface area contributed by atoms with Crippen molar-refractivity contribution in [3.8, 4) is 0 Å². The zero-order valence-electron chi connectivity index (χ0n) is 56.5. The lowest BCUT2D eigenvalue weighted by molar-refractivity contribution is -0.870. The Bertz CT molecular complexity index is 1470. The van der Waals surface area contributed by atoms with Crippen molar-refractivity contribution in [2.75, 3.05) is 40.9 Å². The number of rotatable bonds is 68. The van der Waals surface area contributed by atoms with E-state index in [1.165, 1.54) is 289 Å². The lowest BCUT2D eigenvalue weighted by Gasteiger charge is -2.27. The Kier molecular flexibility index (Phi) is 62.4. The third-order valence-corrected chi connectivity index (χ3v) is 17.9. The number of unbranched alkanes of at least 4 members (excludes halogenated alkanes) is 50. The van der Waals surface area contributed by atoms with E-state index < -0.39 is 20.0 Å². The number of phosphoric acid groups is 1. The lowest BCUT2D eigenvalue weighted by atomic mass is 10.0. The average molecular weight is 1190 g/mol. The Morgan fingerprint density at radius 2 is 0.699 bits per heavy atom. The van der Waals surface area contributed by atoms with E-state index in [9.17, 15) is 19.0 Å². The molecular weight excluding hydrogens is 1050 g/mol. The Hall–Kier alpha value is -1.51. The van der Waals surface area contributed by atoms with Crippen molar-refractivity contribution in [1.82, 2.24) is 5.32 Å². The lowest BCUT2D eigenvalue weighted by Crippen LogP contribution is -2.47. The monoisotopic (exact) mass is 1190 g/mol. The molecule has 0 rings (SSSR count). The van der Waals surface area contributed by atoms with Crippen LogP contribution < -0.4 is 5.32 Å². The summed E-state index contributed by atoms with van der Waals surface area (Å²) in [4.78, 5) is 37.9. The second kappa shape index (κ2) is 63.5. The molecule has 0 spiro atoms. The maximum Gasteiger partial charge on any atom is 0.472 e. The number of quaternary nitrogens is 1. The number of ether oxygens (including phenoxy) is 1. The Morgan fingerprint density at radius 1 is 0.410 bits per heavy atom. The summed E-state index contributed by atoms with van der Waals surface area (Å²) in [6, 6.07) is -0.842. The SMILES string of the molecule is CCCCCCCC/C=C/CCCCCCCCCCCCCCCCCC(=O)OC(/C=C/CCCCCCCCCCC)C(COP(=O)(O)OCC[N+](C)(C)C)NC(=O)CCCCCCCCCCCCCCCCCCCCCCC. The third kappa shape index (κ3) is 64.8. The van der Waals surface area contributed by atoms with E-state index in [0.717, 1.165) is 57.8 Å². The molecule has 0 heterocycles. The highest BCUT2D eigenvalue weighted by Gasteiger charge is 2.30. The summed E-state index contributed by atoms with van der Waals surface area (Å²) in [5.74, 6) is -0.481. The number of hydrogen-bond donors (Lipinski definition) is 2. The molecular formula is C73H144N2O7P+. The van der Waals surface area contributed by atoms with E-state index in [0.29, 0.717) is 23.9 Å². The van der Waals surface area contributed by atoms with Crippen molar-refractivity contribution >= 4 is 19.7 Å². The van der Waals surface area contributed by atoms with Gasteiger partial charge in [0.2, 0.25) is 5.91 Å². The summed E-state index contributed by atoms with van der Waals surface area (Å²) in [7, 11) is 1.52. The van der Waals surface area contributed by atoms with E-state index in [-0.39, 0.29) is 25.1 Å². The molecule has 0 saturated heterocycles. The molecule has 492 valence electrons. The van der Waals surface area contributed by atoms with Gasteiger partial charge in [0.05, 0.1) is 33.8 Å². The van der Waals surface area contributed by atoms with Crippen LogP contribution in [0.3, 0.4) is 0 Å². The van der Waals surface area contributed by atoms with Crippen LogP contribution in [0.15, 0.2) is 24.3 Å². The van der Waals surface area contributed by atoms with E-state index in [1.807, 2.05) is 33.3 Å². The van der Waals surface area contributed by atoms with Crippen molar-refractivity contribution in [1.29, 1.82) is 0 Å². The smallest absolute Gasteiger partial charge is 0.456 e. The van der Waals surface area contributed by atoms with E-state index >= 15 is 0 Å². The first-order valence-corrected chi connectivity index (χ1v) is 38.2. The summed E-state index contributed by atoms with van der Waals surface area (Å²) in [6.07, 6.45) is 77.7. The van der Waals surface area contributed by atoms with Crippen molar-refractivity contribution in [2.45, 2.75) is 392 Å². The summed E-state index contributed by atoms with van der Waals surface area (Å²) in [6.45, 7) is 7.08. The summed E-state index contributed by atoms with van der Waals surface area (Å²) < 4.78 is 30.8. The minimum Gasteiger partial charge on any atom is -0.456 e. The second-order valence-electron chi connectivity index (χ2n) is 26.5. The van der Waals surface area contributed by atoms with Crippen LogP contribution in [0.25, 0.3) is 0 Å². The van der Waals surface area contributed by atoms with Gasteiger partial charge < -0.3 is 19.4 Å². The molecule has 9 nitrogen and oxygen atoms in total. The van der Waals surface area contributed by atoms with Gasteiger partial charge in [-0.25, -0.2) is 4.57 Å². The van der Waals surface area contributed by atoms with Gasteiger partial charge in [-0.2, -0.15) is 0 Å². The molecule has 0 aliphatic rings. The van der Waals surface area contributed by atoms with E-state index in [4.69, 9.17) is 13.8 Å². The summed E-state index contributed by atoms with van der Waals surface area (Å²) in [5, 5.41) is 3.08. The van der Waals surface area contributed by atoms with Gasteiger partial charge in [0.25, 0.3) is 0 Å². The van der Waals surface area contributed by atoms with Gasteiger partial charge in [-0.1, -0.05) is 334 Å². The van der Waals surface area contributed by atoms with Crippen molar-refractivity contribution < 1.29 is 37.3 Å². The second-order valence-corrected chi connectivity index (χ2v) is 27.9. The standard InChI is InChI=1S/C73H143N2O7P/c1-7-10-13-16-19-22-25-27-29-31-33-35-36-37-38-40-42-44-46-48-51-54-57-60-63-66-73(77)82-71(64-61-58-55-52-49-24-21-18-15-12-9-3)70(69-81-83(78,79)80-68-67-75(4,5)6)74-72(76)65-62-59-56-53-50-47-45-43-41-39-34-32-30-28-26-23-20-17-14-11-8-2/h27,29,61,64,70-71H,7-26,28,30-60,62-63,65-69H2,1-6H3,(H-,74,76,78,79)/p+1/b29-27+,64-61+. The molecule has 0 aromatic carbocycles. The summed E-state index contributed by atoms with van der Waals surface area (Å²) >= 11 is 0. The molecule has 0 aliphatic carbocycles. The Labute approximate surface area is 517 Å². The van der Waals surface area contributed by atoms with Crippen LogP contribution in [0, 0.1) is 0 Å². The van der Waals surface area contributed by atoms with Crippen LogP contribution in [-0.4, -0.2) is 74.3 Å². The molecule has 0 fully saturated rings. The van der Waals surface area contributed by atoms with Crippen molar-refractivity contribution in [3.05, 3.63) is 24.3 Å². The van der Waals surface area contributed by atoms with Crippen LogP contribution in [-0.2, 0) is 27.9 Å². The van der Waals surface area contributed by atoms with Gasteiger partial charge in [-0.3, -0.25) is 18.6 Å². The fourth-order valence-corrected chi connectivity index (χ4v) is 12.0. The number of carbonyl (C=O) groups is 2. The predicted octanol–water partition coefficient (Wildman–Crippen LogP) is 23.2. The highest BCUT2D eigenvalue weighted by molar-refractivity contribution is 7.47. The van der Waals surface area contributed by atoms with Gasteiger partial charge in [-0.15, -0.1) is 0 Å². The van der Waals surface area contributed by atoms with E-state index in [1.54, 1.807) is 0 Å². The minimum absolute atomic E-state index is 0.0448. The first-order chi connectivity index (χ1) is 40.4. The topological polar surface area (TPSA) is 111 Å². The number of esters is 1. The largest absolute Gasteiger partial charge is 0.472 e. The molecule has 1 amide bonds. The number of nitrogens with zero attached hydrogens (tertiary/aromatic N) is 1. The molecule has 0 aromatic rings. The minimum atomic E-state index is -4.45. The van der Waals surface area contributed by atoms with Gasteiger partial charge in [0.1, 0.15) is 19.3 Å². The Morgan fingerprint density at radius 3 is 1.02 bits per heavy atom. The number of allylic oxidation sites excluding steroid dienone is 3. The quantitative estimate of drug-likeness (QED) is 0.0205. The molecule has 3 unspecified atom stereocenters. The fourth-order valence-electron chi connectivity index (χ4n) is 11.2. The number of nitrogens with one attached hydrogen (secondary N) is 1. The Balaban J connectivity index is 4.95. The van der Waals surface area contributed by atoms with Gasteiger partial charge in [-0.05, 0) is 57.4 Å². The van der Waals surface area contributed by atoms with Crippen LogP contribution in [0.4, 0.5) is 0 Å². The van der Waals surface area contributed by atoms with E-state index in [2.05, 4.69) is 38.2 Å². The molecule has 0 aliphatic heterocycles. The van der Waals surface area contributed by atoms with Gasteiger partial charge in [0.15, 0.2) is 0 Å². The number of likely N-dealkylation sites (N-methyl/N-ethyl adjacent to an activating group) is 1. The van der Waals surface area contributed by atoms with Crippen LogP contribution in [0.2, 0.25) is 0 Å². The maximum absolute atomic E-state index is 13.6. The molecule has 3 atom stereocenters. The zero-order chi connectivity index (χ0) is 60.7. The van der Waals surface area contributed by atoms with Crippen LogP contribution >= 0.6 is 7.82 Å². The van der Waals surface area contributed by atoms with Crippen molar-refractivity contribution in [3.63, 3.8) is 0 Å². The molecule has 2 N–H and O–H groups in total. The highest BCUT2D eigenvalue weighted by atomic mass is 31.2. The maximum atomic E-state index is 13.6. The van der Waals surface area contributed by atoms with Gasteiger partial charge >= 0.3 is 13.8 Å². The number of phosphoric ester groups is 1. The molecule has 10 heteroatoms. The molecule has 0 bridgehead atoms. The van der Waals surface area contributed by atoms with Crippen LogP contribution in [0.1, 0.15) is 380 Å². The number of carbonyl (C=O) groups excluding carboxylic acids is 2. The number of amides is 1. The molecule has 0 aromatic heterocycles. The average Bonchev–Trinajstić information content (AvgIpc) is 3.51. The molecule has 83 heavy (non-hydrogen) atoms. The highest BCUT2D eigenvalue weighted by Crippen LogP contribution is 2.43. The predicted molar refractivity (Wildman–Crippen MR) is 360 cm³/mol. The molecule has 0 radical (unpaired) electrons. The first-order valence-electron chi connectivity index (χ1n) is 36.7. The van der Waals surface area contributed by atoms with Gasteiger partial charge in [0, 0.05) is 12.8 Å². The number of hydrogen-bond acceptors (Lipinski definition) is 6. The summed E-state index contributed by atoms with van der Waals surface area (Å²) in [5.41, 5.74) is 0. The zero-order valence-corrected chi connectivity index (χ0v) is 57.4. The molecule has 0 saturated carbocycles. The fraction of sp³-hybridized carbons (Fsp3) is 0.918. The normalized spacial score (nSPS) is 13.6. The first kappa shape index (κ1) is 81.5.